The van der Waals surface area contributed by atoms with E-state index in [2.05, 4.69) is 46.6 Å². The monoisotopic (exact) mass is 456 g/mol. The highest BCUT2D eigenvalue weighted by atomic mass is 16.4. The lowest BCUT2D eigenvalue weighted by Gasteiger charge is -2.45. The molecule has 4 N–H and O–H groups in total. The lowest BCUT2D eigenvalue weighted by atomic mass is 9.74. The van der Waals surface area contributed by atoms with Crippen molar-refractivity contribution in [3.05, 3.63) is 47.7 Å². The number of carboxylic acids is 2. The van der Waals surface area contributed by atoms with Gasteiger partial charge in [-0.05, 0) is 50.9 Å². The molecule has 2 amide bonds. The van der Waals surface area contributed by atoms with E-state index in [9.17, 15) is 14.4 Å². The summed E-state index contributed by atoms with van der Waals surface area (Å²) in [5, 5.41) is 20.3. The molecule has 9 heteroatoms. The van der Waals surface area contributed by atoms with Gasteiger partial charge in [-0.15, -0.1) is 0 Å². The minimum atomic E-state index is -1.26. The number of benzene rings is 1. The fourth-order valence-electron chi connectivity index (χ4n) is 4.97. The zero-order chi connectivity index (χ0) is 24.1. The van der Waals surface area contributed by atoms with Crippen molar-refractivity contribution in [2.45, 2.75) is 44.7 Å². The molecule has 33 heavy (non-hydrogen) atoms. The molecule has 0 spiro atoms. The van der Waals surface area contributed by atoms with Crippen molar-refractivity contribution < 1.29 is 24.6 Å². The fraction of sp³-hybridized carbons (Fsp3) is 0.458. The molecule has 178 valence electrons. The van der Waals surface area contributed by atoms with Gasteiger partial charge in [0.2, 0.25) is 0 Å². The highest BCUT2D eigenvalue weighted by Gasteiger charge is 2.39. The molecule has 1 aliphatic heterocycles. The van der Waals surface area contributed by atoms with Gasteiger partial charge in [0.1, 0.15) is 0 Å². The molecule has 2 aliphatic rings. The maximum Gasteiger partial charge on any atom is 0.328 e. The predicted molar refractivity (Wildman–Crippen MR) is 125 cm³/mol. The molecule has 2 unspecified atom stereocenters. The molecule has 2 aromatic rings. The van der Waals surface area contributed by atoms with Crippen LogP contribution in [0.3, 0.4) is 0 Å². The van der Waals surface area contributed by atoms with Crippen molar-refractivity contribution in [2.75, 3.05) is 26.7 Å². The molecular weight excluding hydrogens is 424 g/mol. The normalized spacial score (nSPS) is 21.7. The quantitative estimate of drug-likeness (QED) is 0.513. The summed E-state index contributed by atoms with van der Waals surface area (Å²) < 4.78 is 0. The Morgan fingerprint density at radius 2 is 1.85 bits per heavy atom. The smallest absolute Gasteiger partial charge is 0.328 e. The summed E-state index contributed by atoms with van der Waals surface area (Å²) in [5.74, 6) is -2.03. The fourth-order valence-corrected chi connectivity index (χ4v) is 4.97. The Morgan fingerprint density at radius 1 is 1.18 bits per heavy atom. The van der Waals surface area contributed by atoms with Gasteiger partial charge in [0.25, 0.3) is 0 Å². The molecule has 2 heterocycles. The van der Waals surface area contributed by atoms with Crippen LogP contribution in [0, 0.1) is 0 Å². The van der Waals surface area contributed by atoms with E-state index in [-0.39, 0.29) is 12.1 Å². The SMILES string of the molecule is CCN(CC)C(=O)N[C@@H]1CC2c3cccc4[nH]cc(c34)CC2N(C)C1.O=C(O)/C=C\C(=O)O. The second-order valence-corrected chi connectivity index (χ2v) is 8.47. The molecule has 9 nitrogen and oxygen atoms in total. The van der Waals surface area contributed by atoms with Gasteiger partial charge < -0.3 is 30.3 Å². The van der Waals surface area contributed by atoms with E-state index in [0.717, 1.165) is 32.5 Å². The molecule has 4 rings (SSSR count). The number of hydrogen-bond donors (Lipinski definition) is 4. The number of rotatable bonds is 5. The highest BCUT2D eigenvalue weighted by Crippen LogP contribution is 2.42. The number of carbonyl (C=O) groups is 3. The van der Waals surface area contributed by atoms with Crippen molar-refractivity contribution in [1.29, 1.82) is 0 Å². The number of likely N-dealkylation sites (N-methyl/N-ethyl adjacent to an activating group) is 1. The van der Waals surface area contributed by atoms with Crippen molar-refractivity contribution in [2.24, 2.45) is 0 Å². The zero-order valence-electron chi connectivity index (χ0n) is 19.2. The maximum atomic E-state index is 12.5. The van der Waals surface area contributed by atoms with E-state index in [1.165, 1.54) is 22.0 Å². The van der Waals surface area contributed by atoms with Gasteiger partial charge in [0, 0.05) is 66.9 Å². The number of aliphatic carboxylic acids is 2. The summed E-state index contributed by atoms with van der Waals surface area (Å²) in [4.78, 5) is 39.3. The highest BCUT2D eigenvalue weighted by molar-refractivity contribution is 5.90. The standard InChI is InChI=1S/C20H28N4O.C4H4O4/c1-4-24(5-2)20(25)22-14-10-16-15-7-6-8-17-19(15)13(11-21-17)9-18(16)23(3)12-14;5-3(6)1-2-4(7)8/h6-8,11,14,16,18,21H,4-5,9-10,12H2,1-3H3,(H,22,25);1-2H,(H,5,6)(H,7,8)/b;2-1-/t14-,16?,18?;/m1./s1. The van der Waals surface area contributed by atoms with E-state index in [4.69, 9.17) is 10.2 Å². The van der Waals surface area contributed by atoms with Gasteiger partial charge in [-0.3, -0.25) is 0 Å². The minimum Gasteiger partial charge on any atom is -0.478 e. The summed E-state index contributed by atoms with van der Waals surface area (Å²) in [7, 11) is 2.20. The summed E-state index contributed by atoms with van der Waals surface area (Å²) >= 11 is 0. The van der Waals surface area contributed by atoms with Gasteiger partial charge in [0.05, 0.1) is 0 Å². The van der Waals surface area contributed by atoms with Gasteiger partial charge in [-0.25, -0.2) is 14.4 Å². The Kier molecular flexibility index (Phi) is 7.75. The van der Waals surface area contributed by atoms with Crippen molar-refractivity contribution >= 4 is 28.9 Å². The van der Waals surface area contributed by atoms with Crippen LogP contribution in [0.4, 0.5) is 4.79 Å². The Bertz CT molecular complexity index is 1030. The number of nitrogens with zero attached hydrogens (tertiary/aromatic N) is 2. The zero-order valence-corrected chi connectivity index (χ0v) is 19.2. The van der Waals surface area contributed by atoms with Crippen molar-refractivity contribution in [3.63, 3.8) is 0 Å². The lowest BCUT2D eigenvalue weighted by Crippen LogP contribution is -2.56. The number of nitrogens with one attached hydrogen (secondary N) is 2. The average molecular weight is 457 g/mol. The third-order valence-corrected chi connectivity index (χ3v) is 6.47. The number of aromatic amines is 1. The van der Waals surface area contributed by atoms with E-state index in [1.807, 2.05) is 18.7 Å². The molecular formula is C24H32N4O5. The van der Waals surface area contributed by atoms with Crippen molar-refractivity contribution in [1.82, 2.24) is 20.1 Å². The Balaban J connectivity index is 0.000000331. The van der Waals surface area contributed by atoms with Gasteiger partial charge >= 0.3 is 18.0 Å². The first kappa shape index (κ1) is 24.3. The summed E-state index contributed by atoms with van der Waals surface area (Å²) in [6.07, 6.45) is 5.40. The number of carbonyl (C=O) groups excluding carboxylic acids is 1. The topological polar surface area (TPSA) is 126 Å². The van der Waals surface area contributed by atoms with E-state index >= 15 is 0 Å². The molecule has 0 saturated carbocycles. The van der Waals surface area contributed by atoms with Crippen LogP contribution < -0.4 is 5.32 Å². The number of piperidine rings is 1. The van der Waals surface area contributed by atoms with Crippen LogP contribution in [0.25, 0.3) is 10.9 Å². The Hall–Kier alpha value is -3.33. The molecule has 1 aromatic heterocycles. The van der Waals surface area contributed by atoms with Crippen molar-refractivity contribution in [3.8, 4) is 0 Å². The summed E-state index contributed by atoms with van der Waals surface area (Å²) in [5.41, 5.74) is 4.12. The Labute approximate surface area is 193 Å². The number of likely N-dealkylation sites (tertiary alicyclic amines) is 1. The number of aromatic nitrogens is 1. The van der Waals surface area contributed by atoms with Crippen LogP contribution in [0.15, 0.2) is 36.5 Å². The van der Waals surface area contributed by atoms with E-state index in [1.54, 1.807) is 0 Å². The van der Waals surface area contributed by atoms with E-state index in [0.29, 0.717) is 24.1 Å². The average Bonchev–Trinajstić information content (AvgIpc) is 3.19. The van der Waals surface area contributed by atoms with Crippen LogP contribution in [0.1, 0.15) is 37.3 Å². The summed E-state index contributed by atoms with van der Waals surface area (Å²) in [6.45, 7) is 6.48. The molecule has 0 bridgehead atoms. The number of hydrogen-bond acceptors (Lipinski definition) is 4. The second-order valence-electron chi connectivity index (χ2n) is 8.47. The first-order chi connectivity index (χ1) is 15.7. The molecule has 3 atom stereocenters. The first-order valence-corrected chi connectivity index (χ1v) is 11.2. The van der Waals surface area contributed by atoms with Crippen LogP contribution >= 0.6 is 0 Å². The minimum absolute atomic E-state index is 0.0678. The third-order valence-electron chi connectivity index (χ3n) is 6.47. The van der Waals surface area contributed by atoms with E-state index < -0.39 is 11.9 Å². The predicted octanol–water partition coefficient (Wildman–Crippen LogP) is 2.64. The Morgan fingerprint density at radius 3 is 2.45 bits per heavy atom. The maximum absolute atomic E-state index is 12.5. The van der Waals surface area contributed by atoms with Crippen LogP contribution in [-0.2, 0) is 16.0 Å². The largest absolute Gasteiger partial charge is 0.478 e. The second kappa shape index (κ2) is 10.5. The molecule has 1 fully saturated rings. The number of urea groups is 1. The van der Waals surface area contributed by atoms with Gasteiger partial charge in [-0.2, -0.15) is 0 Å². The first-order valence-electron chi connectivity index (χ1n) is 11.2. The number of amides is 2. The number of H-pyrrole nitrogens is 1. The lowest BCUT2D eigenvalue weighted by molar-refractivity contribution is -0.134. The number of fused-ring (bicyclic) bond motifs is 2. The van der Waals surface area contributed by atoms with Crippen LogP contribution in [0.2, 0.25) is 0 Å². The molecule has 1 aliphatic carbocycles. The van der Waals surface area contributed by atoms with Crippen LogP contribution in [0.5, 0.6) is 0 Å². The third kappa shape index (κ3) is 5.54. The molecule has 1 saturated heterocycles. The number of carboxylic acid groups (broad SMARTS) is 2. The molecule has 1 aromatic carbocycles. The molecule has 0 radical (unpaired) electrons. The van der Waals surface area contributed by atoms with Crippen LogP contribution in [-0.4, -0.2) is 81.7 Å². The summed E-state index contributed by atoms with van der Waals surface area (Å²) in [6, 6.07) is 7.38. The van der Waals surface area contributed by atoms with Gasteiger partial charge in [-0.1, -0.05) is 12.1 Å². The van der Waals surface area contributed by atoms with Gasteiger partial charge in [0.15, 0.2) is 0 Å².